The molecule has 1 aromatic carbocycles. The molecule has 0 unspecified atom stereocenters. The molecule has 0 atom stereocenters. The molecule has 3 rings (SSSR count). The molecule has 0 saturated carbocycles. The van der Waals surface area contributed by atoms with E-state index in [1.165, 1.54) is 21.9 Å². The Hall–Kier alpha value is -1.63. The Morgan fingerprint density at radius 2 is 1.83 bits per heavy atom. The summed E-state index contributed by atoms with van der Waals surface area (Å²) >= 11 is 0. The van der Waals surface area contributed by atoms with Crippen molar-refractivity contribution in [2.45, 2.75) is 0 Å². The second kappa shape index (κ2) is 1.95. The summed E-state index contributed by atoms with van der Waals surface area (Å²) in [7, 11) is 0. The fourth-order valence-corrected chi connectivity index (χ4v) is 1.74. The highest BCUT2D eigenvalue weighted by atomic mass is 14.6. The highest BCUT2D eigenvalue weighted by Gasteiger charge is 2.07. The number of hydrogen-bond acceptors (Lipinski definition) is 1. The van der Waals surface area contributed by atoms with Gasteiger partial charge in [-0.1, -0.05) is 30.4 Å². The molecule has 0 N–H and O–H groups in total. The Bertz CT molecular complexity index is 443. The van der Waals surface area contributed by atoms with E-state index in [9.17, 15) is 0 Å². The second-order valence-electron chi connectivity index (χ2n) is 3.01. The molecule has 0 radical (unpaired) electrons. The van der Waals surface area contributed by atoms with Gasteiger partial charge in [-0.05, 0) is 10.9 Å². The quantitative estimate of drug-likeness (QED) is 0.484. The molecule has 12 heavy (non-hydrogen) atoms. The molecular formula is C11H7N. The Balaban J connectivity index is 2.64. The van der Waals surface area contributed by atoms with E-state index >= 15 is 0 Å². The van der Waals surface area contributed by atoms with Crippen LogP contribution in [0.4, 0.5) is 0 Å². The monoisotopic (exact) mass is 153 g/mol. The van der Waals surface area contributed by atoms with E-state index in [1.807, 2.05) is 12.4 Å². The number of rotatable bonds is 0. The van der Waals surface area contributed by atoms with E-state index < -0.39 is 0 Å². The molecular weight excluding hydrogens is 146 g/mol. The summed E-state index contributed by atoms with van der Waals surface area (Å²) in [6, 6.07) is 6.30. The van der Waals surface area contributed by atoms with Crippen molar-refractivity contribution in [2.75, 3.05) is 0 Å². The minimum Gasteiger partial charge on any atom is -0.263 e. The summed E-state index contributed by atoms with van der Waals surface area (Å²) in [5.74, 6) is 0. The largest absolute Gasteiger partial charge is 0.263 e. The molecule has 1 aliphatic carbocycles. The van der Waals surface area contributed by atoms with Crippen LogP contribution in [0.2, 0.25) is 0 Å². The van der Waals surface area contributed by atoms with Gasteiger partial charge in [0.1, 0.15) is 0 Å². The molecule has 2 aromatic rings. The highest BCUT2D eigenvalue weighted by Crippen LogP contribution is 2.29. The molecule has 0 aliphatic heterocycles. The van der Waals surface area contributed by atoms with Crippen molar-refractivity contribution in [3.05, 3.63) is 41.7 Å². The standard InChI is InChI=1S/C11H7N/c1-2-8-4-5-10-7-12-6-9(3-1)11(8)10/h1-7H. The molecule has 0 amide bonds. The maximum Gasteiger partial charge on any atom is 0.0347 e. The van der Waals surface area contributed by atoms with Crippen molar-refractivity contribution in [3.8, 4) is 0 Å². The van der Waals surface area contributed by atoms with Crippen LogP contribution in [-0.4, -0.2) is 4.98 Å². The topological polar surface area (TPSA) is 12.9 Å². The molecule has 56 valence electrons. The molecule has 0 spiro atoms. The molecule has 1 aromatic heterocycles. The molecule has 1 aliphatic rings. The van der Waals surface area contributed by atoms with Crippen LogP contribution in [0.15, 0.2) is 30.6 Å². The van der Waals surface area contributed by atoms with Crippen LogP contribution in [0, 0.1) is 0 Å². The van der Waals surface area contributed by atoms with Gasteiger partial charge in [0.05, 0.1) is 0 Å². The zero-order valence-electron chi connectivity index (χ0n) is 6.49. The summed E-state index contributed by atoms with van der Waals surface area (Å²) in [5.41, 5.74) is 2.55. The van der Waals surface area contributed by atoms with Crippen molar-refractivity contribution in [1.82, 2.24) is 4.98 Å². The van der Waals surface area contributed by atoms with Crippen molar-refractivity contribution < 1.29 is 0 Å². The molecule has 0 bridgehead atoms. The van der Waals surface area contributed by atoms with E-state index in [-0.39, 0.29) is 0 Å². The lowest BCUT2D eigenvalue weighted by molar-refractivity contribution is 1.36. The lowest BCUT2D eigenvalue weighted by Gasteiger charge is -1.98. The fourth-order valence-electron chi connectivity index (χ4n) is 1.74. The van der Waals surface area contributed by atoms with Gasteiger partial charge < -0.3 is 0 Å². The highest BCUT2D eigenvalue weighted by molar-refractivity contribution is 6.04. The third kappa shape index (κ3) is 0.607. The van der Waals surface area contributed by atoms with E-state index in [0.717, 1.165) is 0 Å². The number of aromatic nitrogens is 1. The van der Waals surface area contributed by atoms with E-state index in [4.69, 9.17) is 0 Å². The number of hydrogen-bond donors (Lipinski definition) is 0. The average molecular weight is 153 g/mol. The van der Waals surface area contributed by atoms with Crippen molar-refractivity contribution in [3.63, 3.8) is 0 Å². The first-order chi connectivity index (χ1) is 5.95. The SMILES string of the molecule is C1=Cc2cncc3cccc1c23. The molecule has 0 fully saturated rings. The van der Waals surface area contributed by atoms with Crippen LogP contribution in [0.3, 0.4) is 0 Å². The Labute approximate surface area is 70.4 Å². The summed E-state index contributed by atoms with van der Waals surface area (Å²) in [6.07, 6.45) is 8.08. The van der Waals surface area contributed by atoms with E-state index in [1.54, 1.807) is 0 Å². The normalized spacial score (nSPS) is 12.7. The Morgan fingerprint density at radius 1 is 0.917 bits per heavy atom. The average Bonchev–Trinajstić information content (AvgIpc) is 2.52. The summed E-state index contributed by atoms with van der Waals surface area (Å²) < 4.78 is 0. The van der Waals surface area contributed by atoms with E-state index in [2.05, 4.69) is 35.3 Å². The number of nitrogens with zero attached hydrogens (tertiary/aromatic N) is 1. The number of benzene rings is 1. The van der Waals surface area contributed by atoms with Gasteiger partial charge in [0.15, 0.2) is 0 Å². The lowest BCUT2D eigenvalue weighted by atomic mass is 10.1. The predicted molar refractivity (Wildman–Crippen MR) is 50.7 cm³/mol. The van der Waals surface area contributed by atoms with Gasteiger partial charge in [-0.3, -0.25) is 4.98 Å². The molecule has 1 heterocycles. The smallest absolute Gasteiger partial charge is 0.0347 e. The van der Waals surface area contributed by atoms with Crippen molar-refractivity contribution in [2.24, 2.45) is 0 Å². The van der Waals surface area contributed by atoms with Crippen LogP contribution >= 0.6 is 0 Å². The molecule has 1 nitrogen and oxygen atoms in total. The summed E-state index contributed by atoms with van der Waals surface area (Å²) in [5, 5.41) is 2.57. The lowest BCUT2D eigenvalue weighted by Crippen LogP contribution is -1.79. The number of pyridine rings is 1. The first-order valence-corrected chi connectivity index (χ1v) is 4.00. The van der Waals surface area contributed by atoms with Crippen molar-refractivity contribution in [1.29, 1.82) is 0 Å². The zero-order chi connectivity index (χ0) is 7.97. The maximum absolute atomic E-state index is 4.17. The minimum absolute atomic E-state index is 1.23. The van der Waals surface area contributed by atoms with Crippen LogP contribution in [0.25, 0.3) is 22.9 Å². The first-order valence-electron chi connectivity index (χ1n) is 4.00. The first kappa shape index (κ1) is 5.95. The van der Waals surface area contributed by atoms with Gasteiger partial charge in [-0.2, -0.15) is 0 Å². The Morgan fingerprint density at radius 3 is 2.83 bits per heavy atom. The van der Waals surface area contributed by atoms with Gasteiger partial charge in [0.25, 0.3) is 0 Å². The van der Waals surface area contributed by atoms with Crippen LogP contribution < -0.4 is 0 Å². The Kier molecular flexibility index (Phi) is 0.965. The third-order valence-corrected chi connectivity index (χ3v) is 2.29. The molecule has 1 heteroatoms. The molecule has 0 saturated heterocycles. The predicted octanol–water partition coefficient (Wildman–Crippen LogP) is 2.72. The van der Waals surface area contributed by atoms with Crippen molar-refractivity contribution >= 4 is 22.9 Å². The fraction of sp³-hybridized carbons (Fsp3) is 0. The van der Waals surface area contributed by atoms with Crippen LogP contribution in [0.5, 0.6) is 0 Å². The summed E-state index contributed by atoms with van der Waals surface area (Å²) in [6.45, 7) is 0. The maximum atomic E-state index is 4.17. The zero-order valence-corrected chi connectivity index (χ0v) is 6.49. The van der Waals surface area contributed by atoms with Gasteiger partial charge in [-0.15, -0.1) is 0 Å². The third-order valence-electron chi connectivity index (χ3n) is 2.29. The van der Waals surface area contributed by atoms with Crippen LogP contribution in [0.1, 0.15) is 11.1 Å². The van der Waals surface area contributed by atoms with Gasteiger partial charge in [-0.25, -0.2) is 0 Å². The minimum atomic E-state index is 1.23. The van der Waals surface area contributed by atoms with Gasteiger partial charge >= 0.3 is 0 Å². The van der Waals surface area contributed by atoms with Gasteiger partial charge in [0.2, 0.25) is 0 Å². The van der Waals surface area contributed by atoms with Gasteiger partial charge in [0, 0.05) is 23.3 Å². The summed E-state index contributed by atoms with van der Waals surface area (Å²) in [4.78, 5) is 4.17. The van der Waals surface area contributed by atoms with E-state index in [0.29, 0.717) is 0 Å². The van der Waals surface area contributed by atoms with Crippen LogP contribution in [-0.2, 0) is 0 Å². The second-order valence-corrected chi connectivity index (χ2v) is 3.01.